The quantitative estimate of drug-likeness (QED) is 0.745. The van der Waals surface area contributed by atoms with E-state index in [0.29, 0.717) is 5.92 Å². The average Bonchev–Trinajstić information content (AvgIpc) is 3.22. The number of aromatic amines is 1. The van der Waals surface area contributed by atoms with Gasteiger partial charge in [-0.25, -0.2) is 9.78 Å². The molecule has 1 atom stereocenters. The molecule has 1 aliphatic rings. The van der Waals surface area contributed by atoms with E-state index < -0.39 is 0 Å². The van der Waals surface area contributed by atoms with Gasteiger partial charge in [0.05, 0.1) is 12.4 Å². The molecule has 3 aromatic rings. The van der Waals surface area contributed by atoms with Crippen LogP contribution in [0.25, 0.3) is 10.8 Å². The molecule has 134 valence electrons. The molecule has 2 N–H and O–H groups in total. The molecule has 0 radical (unpaired) electrons. The lowest BCUT2D eigenvalue weighted by molar-refractivity contribution is 0.178. The molecule has 1 aliphatic heterocycles. The predicted octanol–water partition coefficient (Wildman–Crippen LogP) is 4.21. The van der Waals surface area contributed by atoms with Gasteiger partial charge in [-0.3, -0.25) is 0 Å². The number of nitrogens with zero attached hydrogens (tertiary/aromatic N) is 2. The first-order chi connectivity index (χ1) is 12.7. The number of carbonyl (C=O) groups excluding carboxylic acids is 1. The van der Waals surface area contributed by atoms with Crippen LogP contribution in [0, 0.1) is 0 Å². The zero-order valence-corrected chi connectivity index (χ0v) is 15.0. The summed E-state index contributed by atoms with van der Waals surface area (Å²) in [6, 6.07) is 14.5. The third-order valence-electron chi connectivity index (χ3n) is 5.37. The van der Waals surface area contributed by atoms with Crippen molar-refractivity contribution in [1.29, 1.82) is 0 Å². The normalized spacial score (nSPS) is 16.6. The summed E-state index contributed by atoms with van der Waals surface area (Å²) in [6.07, 6.45) is 5.56. The number of nitrogens with one attached hydrogen (secondary N) is 2. The van der Waals surface area contributed by atoms with Gasteiger partial charge < -0.3 is 15.2 Å². The monoisotopic (exact) mass is 348 g/mol. The molecular weight excluding hydrogens is 324 g/mol. The lowest BCUT2D eigenvalue weighted by Gasteiger charge is -2.32. The second-order valence-corrected chi connectivity index (χ2v) is 7.01. The average molecular weight is 348 g/mol. The minimum absolute atomic E-state index is 0.0218. The number of H-pyrrole nitrogens is 1. The van der Waals surface area contributed by atoms with Gasteiger partial charge in [-0.15, -0.1) is 0 Å². The minimum Gasteiger partial charge on any atom is -0.348 e. The van der Waals surface area contributed by atoms with Crippen molar-refractivity contribution in [2.75, 3.05) is 13.1 Å². The van der Waals surface area contributed by atoms with E-state index in [0.717, 1.165) is 31.5 Å². The summed E-state index contributed by atoms with van der Waals surface area (Å²) < 4.78 is 0. The second-order valence-electron chi connectivity index (χ2n) is 7.01. The van der Waals surface area contributed by atoms with Crippen LogP contribution in [0.15, 0.2) is 55.0 Å². The molecule has 4 rings (SSSR count). The number of piperidine rings is 1. The van der Waals surface area contributed by atoms with Gasteiger partial charge in [0.2, 0.25) is 0 Å². The Morgan fingerprint density at radius 2 is 1.96 bits per heavy atom. The molecule has 0 saturated carbocycles. The number of amides is 2. The maximum Gasteiger partial charge on any atom is 0.317 e. The third kappa shape index (κ3) is 3.29. The fourth-order valence-corrected chi connectivity index (χ4v) is 3.87. The van der Waals surface area contributed by atoms with Crippen molar-refractivity contribution < 1.29 is 4.79 Å². The summed E-state index contributed by atoms with van der Waals surface area (Å²) in [5, 5.41) is 5.57. The summed E-state index contributed by atoms with van der Waals surface area (Å²) in [4.78, 5) is 21.9. The molecule has 2 heterocycles. The molecule has 26 heavy (non-hydrogen) atoms. The minimum atomic E-state index is -0.0288. The number of hydrogen-bond donors (Lipinski definition) is 2. The van der Waals surface area contributed by atoms with E-state index in [-0.39, 0.29) is 12.1 Å². The Morgan fingerprint density at radius 1 is 1.19 bits per heavy atom. The van der Waals surface area contributed by atoms with E-state index in [1.54, 1.807) is 6.33 Å². The van der Waals surface area contributed by atoms with Crippen LogP contribution in [0.3, 0.4) is 0 Å². The molecule has 0 aliphatic carbocycles. The highest BCUT2D eigenvalue weighted by Crippen LogP contribution is 2.27. The second kappa shape index (κ2) is 7.20. The molecule has 2 amide bonds. The zero-order valence-electron chi connectivity index (χ0n) is 15.0. The van der Waals surface area contributed by atoms with Crippen molar-refractivity contribution >= 4 is 16.8 Å². The molecule has 2 aromatic carbocycles. The van der Waals surface area contributed by atoms with E-state index in [4.69, 9.17) is 0 Å². The highest BCUT2D eigenvalue weighted by molar-refractivity contribution is 5.86. The van der Waals surface area contributed by atoms with Crippen LogP contribution in [-0.2, 0) is 0 Å². The highest BCUT2D eigenvalue weighted by Gasteiger charge is 2.25. The van der Waals surface area contributed by atoms with Crippen molar-refractivity contribution in [3.05, 3.63) is 66.2 Å². The van der Waals surface area contributed by atoms with Crippen LogP contribution in [0.5, 0.6) is 0 Å². The van der Waals surface area contributed by atoms with Gasteiger partial charge in [0.25, 0.3) is 0 Å². The fraction of sp³-hybridized carbons (Fsp3) is 0.333. The lowest BCUT2D eigenvalue weighted by Crippen LogP contribution is -2.44. The maximum absolute atomic E-state index is 12.7. The van der Waals surface area contributed by atoms with Crippen molar-refractivity contribution in [2.24, 2.45) is 0 Å². The van der Waals surface area contributed by atoms with Gasteiger partial charge >= 0.3 is 6.03 Å². The largest absolute Gasteiger partial charge is 0.348 e. The number of hydrogen-bond acceptors (Lipinski definition) is 2. The van der Waals surface area contributed by atoms with E-state index >= 15 is 0 Å². The molecule has 1 fully saturated rings. The Labute approximate surface area is 153 Å². The van der Waals surface area contributed by atoms with E-state index in [1.165, 1.54) is 16.5 Å². The van der Waals surface area contributed by atoms with Crippen LogP contribution < -0.4 is 5.32 Å². The van der Waals surface area contributed by atoms with Crippen LogP contribution in [0.2, 0.25) is 0 Å². The number of likely N-dealkylation sites (tertiary alicyclic amines) is 1. The first-order valence-corrected chi connectivity index (χ1v) is 9.24. The van der Waals surface area contributed by atoms with E-state index in [1.807, 2.05) is 23.2 Å². The summed E-state index contributed by atoms with van der Waals surface area (Å²) >= 11 is 0. The summed E-state index contributed by atoms with van der Waals surface area (Å²) in [6.45, 7) is 3.60. The number of rotatable bonds is 3. The van der Waals surface area contributed by atoms with Gasteiger partial charge in [0, 0.05) is 30.9 Å². The van der Waals surface area contributed by atoms with Gasteiger partial charge in [-0.05, 0) is 36.1 Å². The Balaban J connectivity index is 1.40. The molecule has 1 saturated heterocycles. The van der Waals surface area contributed by atoms with Gasteiger partial charge in [0.15, 0.2) is 0 Å². The number of carbonyl (C=O) groups is 1. The van der Waals surface area contributed by atoms with Crippen molar-refractivity contribution in [3.8, 4) is 0 Å². The van der Waals surface area contributed by atoms with E-state index in [9.17, 15) is 4.79 Å². The van der Waals surface area contributed by atoms with Gasteiger partial charge in [-0.1, -0.05) is 42.5 Å². The van der Waals surface area contributed by atoms with Crippen molar-refractivity contribution in [1.82, 2.24) is 20.2 Å². The van der Waals surface area contributed by atoms with Crippen molar-refractivity contribution in [3.63, 3.8) is 0 Å². The molecule has 0 unspecified atom stereocenters. The maximum atomic E-state index is 12.7. The summed E-state index contributed by atoms with van der Waals surface area (Å²) in [7, 11) is 0. The molecule has 5 nitrogen and oxygen atoms in total. The fourth-order valence-electron chi connectivity index (χ4n) is 3.87. The van der Waals surface area contributed by atoms with Crippen molar-refractivity contribution in [2.45, 2.75) is 31.7 Å². The number of benzene rings is 2. The third-order valence-corrected chi connectivity index (χ3v) is 5.37. The topological polar surface area (TPSA) is 61.0 Å². The highest BCUT2D eigenvalue weighted by atomic mass is 16.2. The van der Waals surface area contributed by atoms with Crippen LogP contribution in [0.1, 0.15) is 43.0 Å². The summed E-state index contributed by atoms with van der Waals surface area (Å²) in [5.74, 6) is 0.469. The molecular formula is C21H24N4O. The first kappa shape index (κ1) is 16.6. The number of urea groups is 1. The van der Waals surface area contributed by atoms with Gasteiger partial charge in [-0.2, -0.15) is 0 Å². The Hall–Kier alpha value is -2.82. The lowest BCUT2D eigenvalue weighted by atomic mass is 9.94. The Bertz CT molecular complexity index is 877. The summed E-state index contributed by atoms with van der Waals surface area (Å²) in [5.41, 5.74) is 2.33. The predicted molar refractivity (Wildman–Crippen MR) is 103 cm³/mol. The molecule has 0 spiro atoms. The first-order valence-electron chi connectivity index (χ1n) is 9.24. The number of aromatic nitrogens is 2. The van der Waals surface area contributed by atoms with Crippen LogP contribution >= 0.6 is 0 Å². The Morgan fingerprint density at radius 3 is 2.73 bits per heavy atom. The smallest absolute Gasteiger partial charge is 0.317 e. The van der Waals surface area contributed by atoms with Gasteiger partial charge in [0.1, 0.15) is 0 Å². The molecule has 5 heteroatoms. The number of imidazole rings is 1. The molecule has 0 bridgehead atoms. The van der Waals surface area contributed by atoms with Crippen LogP contribution in [0.4, 0.5) is 4.79 Å². The SMILES string of the molecule is C[C@H](NC(=O)N1CCC(c2cnc[nH]2)CC1)c1cccc2ccccc12. The van der Waals surface area contributed by atoms with Crippen LogP contribution in [-0.4, -0.2) is 34.0 Å². The Kier molecular flexibility index (Phi) is 4.61. The number of fused-ring (bicyclic) bond motifs is 1. The van der Waals surface area contributed by atoms with E-state index in [2.05, 4.69) is 52.5 Å². The molecule has 1 aromatic heterocycles. The zero-order chi connectivity index (χ0) is 17.9. The standard InChI is InChI=1S/C21H24N4O/c1-15(18-8-4-6-16-5-2-3-7-19(16)18)24-21(26)25-11-9-17(10-12-25)20-13-22-14-23-20/h2-8,13-15,17H,9-12H2,1H3,(H,22,23)(H,24,26)/t15-/m0/s1.